The van der Waals surface area contributed by atoms with Gasteiger partial charge in [0.15, 0.2) is 6.10 Å². The molecule has 0 aromatic heterocycles. The molecule has 0 spiro atoms. The van der Waals surface area contributed by atoms with Crippen LogP contribution in [0.2, 0.25) is 0 Å². The molecule has 236 valence electrons. The van der Waals surface area contributed by atoms with E-state index in [4.69, 9.17) is 9.47 Å². The van der Waals surface area contributed by atoms with Gasteiger partial charge in [-0.3, -0.25) is 9.59 Å². The van der Waals surface area contributed by atoms with Crippen molar-refractivity contribution in [2.45, 2.75) is 142 Å². The lowest BCUT2D eigenvalue weighted by Crippen LogP contribution is -2.28. The smallest absolute Gasteiger partial charge is 0.306 e. The number of allylic oxidation sites excluding steroid dienone is 6. The second-order valence-corrected chi connectivity index (χ2v) is 11.2. The van der Waals surface area contributed by atoms with Crippen molar-refractivity contribution < 1.29 is 29.3 Å². The van der Waals surface area contributed by atoms with E-state index < -0.39 is 18.2 Å². The number of rotatable bonds is 27. The van der Waals surface area contributed by atoms with E-state index in [9.17, 15) is 19.8 Å². The molecule has 2 N–H and O–H groups in total. The van der Waals surface area contributed by atoms with Gasteiger partial charge in [-0.15, -0.1) is 0 Å². The molecule has 0 heterocycles. The second-order valence-electron chi connectivity index (χ2n) is 11.2. The van der Waals surface area contributed by atoms with E-state index >= 15 is 0 Å². The number of hydrogen-bond acceptors (Lipinski definition) is 6. The number of ether oxygens (including phenoxy) is 2. The molecule has 0 fully saturated rings. The Labute approximate surface area is 251 Å². The Bertz CT molecular complexity index is 737. The van der Waals surface area contributed by atoms with Crippen LogP contribution in [0.15, 0.2) is 48.6 Å². The van der Waals surface area contributed by atoms with E-state index in [1.807, 2.05) is 24.3 Å². The van der Waals surface area contributed by atoms with Gasteiger partial charge < -0.3 is 19.7 Å². The lowest BCUT2D eigenvalue weighted by Gasteiger charge is -2.15. The van der Waals surface area contributed by atoms with E-state index in [2.05, 4.69) is 39.0 Å². The van der Waals surface area contributed by atoms with Gasteiger partial charge in [-0.1, -0.05) is 121 Å². The van der Waals surface area contributed by atoms with E-state index in [1.54, 1.807) is 6.08 Å². The average Bonchev–Trinajstić information content (AvgIpc) is 2.95. The summed E-state index contributed by atoms with van der Waals surface area (Å²) < 4.78 is 10.4. The predicted octanol–water partition coefficient (Wildman–Crippen LogP) is 8.33. The fourth-order valence-electron chi connectivity index (χ4n) is 4.10. The molecule has 0 aromatic rings. The molecule has 0 saturated carbocycles. The van der Waals surface area contributed by atoms with E-state index in [-0.39, 0.29) is 25.6 Å². The number of carbonyl (C=O) groups is 2. The number of esters is 2. The summed E-state index contributed by atoms with van der Waals surface area (Å²) in [6.45, 7) is 6.20. The van der Waals surface area contributed by atoms with Gasteiger partial charge in [-0.2, -0.15) is 0 Å². The second kappa shape index (κ2) is 29.3. The van der Waals surface area contributed by atoms with Crippen molar-refractivity contribution in [3.8, 4) is 0 Å². The van der Waals surface area contributed by atoms with Crippen LogP contribution in [-0.4, -0.2) is 47.6 Å². The van der Waals surface area contributed by atoms with Crippen LogP contribution >= 0.6 is 0 Å². The topological polar surface area (TPSA) is 93.1 Å². The first-order chi connectivity index (χ1) is 19.9. The van der Waals surface area contributed by atoms with Crippen LogP contribution in [0.4, 0.5) is 0 Å². The first-order valence-corrected chi connectivity index (χ1v) is 16.2. The van der Waals surface area contributed by atoms with Gasteiger partial charge in [-0.05, 0) is 50.9 Å². The van der Waals surface area contributed by atoms with Crippen molar-refractivity contribution in [3.63, 3.8) is 0 Å². The van der Waals surface area contributed by atoms with Crippen molar-refractivity contribution in [2.24, 2.45) is 5.92 Å². The molecule has 0 rings (SSSR count). The lowest BCUT2D eigenvalue weighted by molar-refractivity contribution is -0.161. The number of aliphatic hydroxyl groups is 2. The maximum atomic E-state index is 12.1. The molecule has 41 heavy (non-hydrogen) atoms. The lowest BCUT2D eigenvalue weighted by atomic mass is 10.0. The number of aliphatic hydroxyl groups excluding tert-OH is 2. The zero-order chi connectivity index (χ0) is 30.4. The first-order valence-electron chi connectivity index (χ1n) is 16.2. The van der Waals surface area contributed by atoms with Gasteiger partial charge in [0.25, 0.3) is 0 Å². The van der Waals surface area contributed by atoms with E-state index in [0.29, 0.717) is 25.7 Å². The summed E-state index contributed by atoms with van der Waals surface area (Å²) in [7, 11) is 0. The fraction of sp³-hybridized carbons (Fsp3) is 0.714. The normalized spacial score (nSPS) is 13.7. The van der Waals surface area contributed by atoms with Gasteiger partial charge in [0.1, 0.15) is 6.61 Å². The highest BCUT2D eigenvalue weighted by molar-refractivity contribution is 5.70. The number of unbranched alkanes of at least 4 members (excludes halogenated alkanes) is 9. The Morgan fingerprint density at radius 3 is 2.17 bits per heavy atom. The Hall–Kier alpha value is -2.18. The largest absolute Gasteiger partial charge is 0.462 e. The van der Waals surface area contributed by atoms with Crippen molar-refractivity contribution in [1.29, 1.82) is 0 Å². The SMILES string of the molecule is CCCCC/C=C\C/C=C\CC(O)/C=C\C=C\CCCC(=O)O[C@@H](CO)COC(=O)CCCCCCCCC(C)C. The Balaban J connectivity index is 3.86. The molecular formula is C35H60O6. The third-order valence-electron chi connectivity index (χ3n) is 6.63. The molecule has 0 saturated heterocycles. The molecule has 0 aliphatic rings. The van der Waals surface area contributed by atoms with Crippen LogP contribution in [0.25, 0.3) is 0 Å². The van der Waals surface area contributed by atoms with Gasteiger partial charge in [0.2, 0.25) is 0 Å². The molecule has 6 heteroatoms. The zero-order valence-electron chi connectivity index (χ0n) is 26.3. The summed E-state index contributed by atoms with van der Waals surface area (Å²) in [5, 5.41) is 19.5. The minimum absolute atomic E-state index is 0.117. The monoisotopic (exact) mass is 576 g/mol. The quantitative estimate of drug-likeness (QED) is 0.0442. The van der Waals surface area contributed by atoms with Crippen LogP contribution in [-0.2, 0) is 19.1 Å². The summed E-state index contributed by atoms with van der Waals surface area (Å²) >= 11 is 0. The highest BCUT2D eigenvalue weighted by atomic mass is 16.6. The molecule has 0 aromatic carbocycles. The predicted molar refractivity (Wildman–Crippen MR) is 169 cm³/mol. The number of carbonyl (C=O) groups excluding carboxylic acids is 2. The Kier molecular flexibility index (Phi) is 27.8. The van der Waals surface area contributed by atoms with Crippen molar-refractivity contribution >= 4 is 11.9 Å². The Morgan fingerprint density at radius 2 is 1.44 bits per heavy atom. The molecule has 0 aliphatic heterocycles. The minimum atomic E-state index is -0.830. The number of hydrogen-bond donors (Lipinski definition) is 2. The van der Waals surface area contributed by atoms with Crippen LogP contribution in [0, 0.1) is 5.92 Å². The van der Waals surface area contributed by atoms with Crippen LogP contribution in [0.5, 0.6) is 0 Å². The molecule has 1 unspecified atom stereocenters. The molecule has 0 radical (unpaired) electrons. The zero-order valence-corrected chi connectivity index (χ0v) is 26.3. The third kappa shape index (κ3) is 29.1. The van der Waals surface area contributed by atoms with Crippen LogP contribution in [0.1, 0.15) is 130 Å². The highest BCUT2D eigenvalue weighted by Gasteiger charge is 2.15. The van der Waals surface area contributed by atoms with Gasteiger partial charge in [0.05, 0.1) is 12.7 Å². The summed E-state index contributed by atoms with van der Waals surface area (Å²) in [4.78, 5) is 24.0. The molecule has 6 nitrogen and oxygen atoms in total. The first kappa shape index (κ1) is 38.8. The van der Waals surface area contributed by atoms with Crippen LogP contribution < -0.4 is 0 Å². The standard InChI is InChI=1S/C35H60O6/c1-4-5-6-7-8-9-10-15-20-25-32(37)26-21-16-13-18-23-28-35(39)41-33(29-36)30-40-34(38)27-22-17-12-11-14-19-24-31(2)3/h8-9,13,15-16,20-21,26,31-33,36-37H,4-7,10-12,14,17-19,22-25,27-30H2,1-3H3/b9-8-,16-13+,20-15-,26-21-/t32?,33-/m0/s1. The molecule has 0 amide bonds. The summed E-state index contributed by atoms with van der Waals surface area (Å²) in [5.41, 5.74) is 0. The summed E-state index contributed by atoms with van der Waals surface area (Å²) in [6, 6.07) is 0. The third-order valence-corrected chi connectivity index (χ3v) is 6.63. The van der Waals surface area contributed by atoms with Gasteiger partial charge in [-0.25, -0.2) is 0 Å². The summed E-state index contributed by atoms with van der Waals surface area (Å²) in [5.74, 6) is 0.0299. The minimum Gasteiger partial charge on any atom is -0.462 e. The van der Waals surface area contributed by atoms with E-state index in [1.165, 1.54) is 44.9 Å². The molecule has 0 bridgehead atoms. The molecule has 0 aliphatic carbocycles. The van der Waals surface area contributed by atoms with Crippen molar-refractivity contribution in [2.75, 3.05) is 13.2 Å². The maximum Gasteiger partial charge on any atom is 0.306 e. The summed E-state index contributed by atoms with van der Waals surface area (Å²) in [6.07, 6.45) is 30.7. The highest BCUT2D eigenvalue weighted by Crippen LogP contribution is 2.12. The maximum absolute atomic E-state index is 12.1. The fourth-order valence-corrected chi connectivity index (χ4v) is 4.10. The van der Waals surface area contributed by atoms with E-state index in [0.717, 1.165) is 38.0 Å². The Morgan fingerprint density at radius 1 is 0.756 bits per heavy atom. The molecular weight excluding hydrogens is 516 g/mol. The van der Waals surface area contributed by atoms with Gasteiger partial charge in [0, 0.05) is 12.8 Å². The molecule has 2 atom stereocenters. The van der Waals surface area contributed by atoms with Crippen molar-refractivity contribution in [3.05, 3.63) is 48.6 Å². The van der Waals surface area contributed by atoms with Crippen molar-refractivity contribution in [1.82, 2.24) is 0 Å². The van der Waals surface area contributed by atoms with Crippen LogP contribution in [0.3, 0.4) is 0 Å². The van der Waals surface area contributed by atoms with Gasteiger partial charge >= 0.3 is 11.9 Å². The average molecular weight is 577 g/mol.